The van der Waals surface area contributed by atoms with Crippen molar-refractivity contribution in [1.29, 1.82) is 0 Å². The van der Waals surface area contributed by atoms with E-state index in [1.54, 1.807) is 0 Å². The number of carbonyl (C=O) groups excluding carboxylic acids is 2. The zero-order valence-electron chi connectivity index (χ0n) is 16.3. The van der Waals surface area contributed by atoms with Crippen LogP contribution in [0.25, 0.3) is 0 Å². The average Bonchev–Trinajstić information content (AvgIpc) is 3.45. The molecule has 1 aromatic rings. The number of amides is 2. The van der Waals surface area contributed by atoms with Gasteiger partial charge in [0.2, 0.25) is 11.8 Å². The van der Waals surface area contributed by atoms with Crippen LogP contribution >= 0.6 is 0 Å². The third-order valence-electron chi connectivity index (χ3n) is 5.79. The first kappa shape index (κ1) is 18.7. The van der Waals surface area contributed by atoms with E-state index in [1.165, 1.54) is 6.42 Å². The molecule has 2 fully saturated rings. The quantitative estimate of drug-likeness (QED) is 0.793. The first-order valence-electron chi connectivity index (χ1n) is 9.96. The summed E-state index contributed by atoms with van der Waals surface area (Å²) in [5.74, 6) is 0.414. The Morgan fingerprint density at radius 2 is 1.85 bits per heavy atom. The van der Waals surface area contributed by atoms with Crippen molar-refractivity contribution in [2.75, 3.05) is 36.4 Å². The van der Waals surface area contributed by atoms with Crippen LogP contribution in [0.2, 0.25) is 0 Å². The van der Waals surface area contributed by atoms with Gasteiger partial charge >= 0.3 is 0 Å². The number of piperidine rings is 1. The lowest BCUT2D eigenvalue weighted by Gasteiger charge is -2.33. The Morgan fingerprint density at radius 1 is 1.19 bits per heavy atom. The van der Waals surface area contributed by atoms with Gasteiger partial charge in [-0.25, -0.2) is 0 Å². The van der Waals surface area contributed by atoms with Crippen molar-refractivity contribution < 1.29 is 9.59 Å². The van der Waals surface area contributed by atoms with Crippen LogP contribution in [0.5, 0.6) is 0 Å². The molecule has 3 rings (SSSR count). The van der Waals surface area contributed by atoms with E-state index in [0.29, 0.717) is 18.8 Å². The standard InChI is InChI=1S/C21H31N3O2/c1-4-23(5-2)18-10-8-17(9-11-18)22-19(25)21(12-13-21)20(26)24-14-6-7-16(3)15-24/h8-11,16H,4-7,12-15H2,1-3H3,(H,22,25). The van der Waals surface area contributed by atoms with E-state index in [1.807, 2.05) is 29.2 Å². The maximum Gasteiger partial charge on any atom is 0.240 e. The SMILES string of the molecule is CCN(CC)c1ccc(NC(=O)C2(C(=O)N3CCCC(C)C3)CC2)cc1. The van der Waals surface area contributed by atoms with E-state index in [2.05, 4.69) is 31.0 Å². The molecule has 5 heteroatoms. The van der Waals surface area contributed by atoms with E-state index in [4.69, 9.17) is 0 Å². The topological polar surface area (TPSA) is 52.7 Å². The smallest absolute Gasteiger partial charge is 0.240 e. The minimum absolute atomic E-state index is 0.0290. The fourth-order valence-electron chi connectivity index (χ4n) is 3.93. The first-order valence-corrected chi connectivity index (χ1v) is 9.96. The molecule has 1 saturated carbocycles. The minimum atomic E-state index is -0.825. The second-order valence-corrected chi connectivity index (χ2v) is 7.75. The molecular weight excluding hydrogens is 326 g/mol. The molecule has 1 atom stereocenters. The van der Waals surface area contributed by atoms with Crippen LogP contribution in [0.15, 0.2) is 24.3 Å². The van der Waals surface area contributed by atoms with Crippen molar-refractivity contribution in [3.05, 3.63) is 24.3 Å². The van der Waals surface area contributed by atoms with Crippen molar-refractivity contribution in [3.8, 4) is 0 Å². The van der Waals surface area contributed by atoms with Gasteiger partial charge in [0.25, 0.3) is 0 Å². The molecule has 2 aliphatic rings. The molecule has 1 aliphatic carbocycles. The Morgan fingerprint density at radius 3 is 2.38 bits per heavy atom. The number of carbonyl (C=O) groups is 2. The molecule has 0 bridgehead atoms. The predicted molar refractivity (Wildman–Crippen MR) is 105 cm³/mol. The van der Waals surface area contributed by atoms with E-state index >= 15 is 0 Å². The lowest BCUT2D eigenvalue weighted by Crippen LogP contribution is -2.46. The number of likely N-dealkylation sites (tertiary alicyclic amines) is 1. The molecule has 5 nitrogen and oxygen atoms in total. The monoisotopic (exact) mass is 357 g/mol. The molecule has 0 spiro atoms. The zero-order chi connectivity index (χ0) is 18.7. The third-order valence-corrected chi connectivity index (χ3v) is 5.79. The maximum absolute atomic E-state index is 12.9. The summed E-state index contributed by atoms with van der Waals surface area (Å²) in [5, 5.41) is 2.97. The first-order chi connectivity index (χ1) is 12.5. The lowest BCUT2D eigenvalue weighted by molar-refractivity contribution is -0.143. The Hall–Kier alpha value is -2.04. The summed E-state index contributed by atoms with van der Waals surface area (Å²) in [5.41, 5.74) is 1.08. The highest BCUT2D eigenvalue weighted by atomic mass is 16.2. The van der Waals surface area contributed by atoms with Crippen LogP contribution in [0, 0.1) is 11.3 Å². The van der Waals surface area contributed by atoms with E-state index in [-0.39, 0.29) is 11.8 Å². The molecule has 2 amide bonds. The number of nitrogens with zero attached hydrogens (tertiary/aromatic N) is 2. The molecule has 1 aliphatic heterocycles. The lowest BCUT2D eigenvalue weighted by atomic mass is 9.96. The normalized spacial score (nSPS) is 21.2. The Balaban J connectivity index is 1.64. The number of rotatable bonds is 6. The summed E-state index contributed by atoms with van der Waals surface area (Å²) in [4.78, 5) is 29.9. The molecule has 1 unspecified atom stereocenters. The number of hydrogen-bond acceptors (Lipinski definition) is 3. The van der Waals surface area contributed by atoms with Gasteiger partial charge in [0.15, 0.2) is 0 Å². The number of nitrogens with one attached hydrogen (secondary N) is 1. The second-order valence-electron chi connectivity index (χ2n) is 7.75. The molecule has 0 radical (unpaired) electrons. The van der Waals surface area contributed by atoms with Crippen molar-refractivity contribution >= 4 is 23.2 Å². The molecule has 142 valence electrons. The van der Waals surface area contributed by atoms with Crippen molar-refractivity contribution in [2.24, 2.45) is 11.3 Å². The van der Waals surface area contributed by atoms with E-state index in [0.717, 1.165) is 44.0 Å². The van der Waals surface area contributed by atoms with Gasteiger partial charge in [-0.05, 0) is 69.7 Å². The van der Waals surface area contributed by atoms with Gasteiger partial charge in [-0.1, -0.05) is 6.92 Å². The van der Waals surface area contributed by atoms with Crippen LogP contribution < -0.4 is 10.2 Å². The number of hydrogen-bond donors (Lipinski definition) is 1. The second kappa shape index (κ2) is 7.68. The molecule has 26 heavy (non-hydrogen) atoms. The van der Waals surface area contributed by atoms with Crippen molar-refractivity contribution in [3.63, 3.8) is 0 Å². The molecule has 1 heterocycles. The van der Waals surface area contributed by atoms with Crippen LogP contribution in [-0.2, 0) is 9.59 Å². The fraction of sp³-hybridized carbons (Fsp3) is 0.619. The maximum atomic E-state index is 12.9. The van der Waals surface area contributed by atoms with Crippen molar-refractivity contribution in [2.45, 2.75) is 46.5 Å². The van der Waals surface area contributed by atoms with Gasteiger partial charge in [-0.3, -0.25) is 9.59 Å². The fourth-order valence-corrected chi connectivity index (χ4v) is 3.93. The summed E-state index contributed by atoms with van der Waals surface area (Å²) in [7, 11) is 0. The summed E-state index contributed by atoms with van der Waals surface area (Å²) in [6, 6.07) is 7.90. The van der Waals surface area contributed by atoms with Crippen LogP contribution in [0.3, 0.4) is 0 Å². The summed E-state index contributed by atoms with van der Waals surface area (Å²) < 4.78 is 0. The summed E-state index contributed by atoms with van der Waals surface area (Å²) in [6.07, 6.45) is 3.54. The Bertz CT molecular complexity index is 648. The van der Waals surface area contributed by atoms with Crippen LogP contribution in [0.4, 0.5) is 11.4 Å². The molecule has 0 aromatic heterocycles. The molecule has 1 aromatic carbocycles. The minimum Gasteiger partial charge on any atom is -0.372 e. The highest BCUT2D eigenvalue weighted by Crippen LogP contribution is 2.48. The molecular formula is C21H31N3O2. The highest BCUT2D eigenvalue weighted by molar-refractivity contribution is 6.13. The van der Waals surface area contributed by atoms with Gasteiger partial charge in [-0.2, -0.15) is 0 Å². The molecule has 1 saturated heterocycles. The van der Waals surface area contributed by atoms with Gasteiger partial charge < -0.3 is 15.1 Å². The summed E-state index contributed by atoms with van der Waals surface area (Å²) >= 11 is 0. The largest absolute Gasteiger partial charge is 0.372 e. The van der Waals surface area contributed by atoms with E-state index in [9.17, 15) is 9.59 Å². The predicted octanol–water partition coefficient (Wildman–Crippen LogP) is 3.51. The summed E-state index contributed by atoms with van der Waals surface area (Å²) in [6.45, 7) is 9.91. The van der Waals surface area contributed by atoms with Gasteiger partial charge in [0, 0.05) is 37.6 Å². The van der Waals surface area contributed by atoms with Crippen LogP contribution in [-0.4, -0.2) is 42.9 Å². The van der Waals surface area contributed by atoms with Gasteiger partial charge in [-0.15, -0.1) is 0 Å². The van der Waals surface area contributed by atoms with Gasteiger partial charge in [0.1, 0.15) is 5.41 Å². The van der Waals surface area contributed by atoms with E-state index < -0.39 is 5.41 Å². The average molecular weight is 357 g/mol. The zero-order valence-corrected chi connectivity index (χ0v) is 16.3. The Labute approximate surface area is 156 Å². The highest BCUT2D eigenvalue weighted by Gasteiger charge is 2.58. The molecule has 1 N–H and O–H groups in total. The van der Waals surface area contributed by atoms with Gasteiger partial charge in [0.05, 0.1) is 0 Å². The third kappa shape index (κ3) is 3.71. The number of benzene rings is 1. The van der Waals surface area contributed by atoms with Crippen molar-refractivity contribution in [1.82, 2.24) is 4.90 Å². The Kier molecular flexibility index (Phi) is 5.54. The van der Waals surface area contributed by atoms with Crippen LogP contribution in [0.1, 0.15) is 46.5 Å². The number of anilines is 2.